The number of benzene rings is 1. The zero-order valence-corrected chi connectivity index (χ0v) is 12.1. The predicted molar refractivity (Wildman–Crippen MR) is 81.0 cm³/mol. The standard InChI is InChI=1S/C14H22N4O2/c1-11(2)10-16-5-7-17(8-6-16)12-3-4-14(18(19)20)13(15)9-12/h3-4,9,11H,5-8,10,15H2,1-2H3. The van der Waals surface area contributed by atoms with Crippen LogP contribution >= 0.6 is 0 Å². The van der Waals surface area contributed by atoms with Crippen LogP contribution in [0.5, 0.6) is 0 Å². The zero-order chi connectivity index (χ0) is 14.7. The van der Waals surface area contributed by atoms with Crippen LogP contribution in [0.25, 0.3) is 0 Å². The lowest BCUT2D eigenvalue weighted by molar-refractivity contribution is -0.383. The molecule has 2 rings (SSSR count). The topological polar surface area (TPSA) is 75.6 Å². The maximum atomic E-state index is 10.8. The van der Waals surface area contributed by atoms with Gasteiger partial charge in [-0.05, 0) is 18.1 Å². The molecular weight excluding hydrogens is 256 g/mol. The van der Waals surface area contributed by atoms with Crippen molar-refractivity contribution in [3.05, 3.63) is 28.3 Å². The Hall–Kier alpha value is -1.82. The van der Waals surface area contributed by atoms with Crippen molar-refractivity contribution in [2.45, 2.75) is 13.8 Å². The van der Waals surface area contributed by atoms with E-state index < -0.39 is 4.92 Å². The first-order valence-corrected chi connectivity index (χ1v) is 6.98. The van der Waals surface area contributed by atoms with Gasteiger partial charge in [0.05, 0.1) is 4.92 Å². The van der Waals surface area contributed by atoms with Crippen LogP contribution in [0.2, 0.25) is 0 Å². The molecule has 1 aliphatic heterocycles. The van der Waals surface area contributed by atoms with E-state index in [2.05, 4.69) is 23.6 Å². The van der Waals surface area contributed by atoms with Crippen molar-refractivity contribution in [1.29, 1.82) is 0 Å². The summed E-state index contributed by atoms with van der Waals surface area (Å²) in [6, 6.07) is 4.98. The van der Waals surface area contributed by atoms with Gasteiger partial charge in [-0.25, -0.2) is 0 Å². The van der Waals surface area contributed by atoms with E-state index in [0.29, 0.717) is 5.92 Å². The number of rotatable bonds is 4. The smallest absolute Gasteiger partial charge is 0.292 e. The van der Waals surface area contributed by atoms with Gasteiger partial charge >= 0.3 is 0 Å². The van der Waals surface area contributed by atoms with Crippen molar-refractivity contribution in [2.24, 2.45) is 5.92 Å². The van der Waals surface area contributed by atoms with Crippen molar-refractivity contribution in [1.82, 2.24) is 4.90 Å². The quantitative estimate of drug-likeness (QED) is 0.517. The van der Waals surface area contributed by atoms with E-state index in [1.54, 1.807) is 12.1 Å². The molecule has 0 aromatic heterocycles. The largest absolute Gasteiger partial charge is 0.393 e. The Kier molecular flexibility index (Phi) is 4.44. The summed E-state index contributed by atoms with van der Waals surface area (Å²) >= 11 is 0. The molecular formula is C14H22N4O2. The normalized spacial score (nSPS) is 16.6. The number of anilines is 2. The molecule has 0 radical (unpaired) electrons. The van der Waals surface area contributed by atoms with Gasteiger partial charge < -0.3 is 10.6 Å². The van der Waals surface area contributed by atoms with Gasteiger partial charge in [-0.15, -0.1) is 0 Å². The van der Waals surface area contributed by atoms with Crippen molar-refractivity contribution in [3.63, 3.8) is 0 Å². The Bertz CT molecular complexity index is 482. The summed E-state index contributed by atoms with van der Waals surface area (Å²) in [5.74, 6) is 0.677. The molecule has 0 spiro atoms. The Balaban J connectivity index is 2.00. The van der Waals surface area contributed by atoms with E-state index in [0.717, 1.165) is 38.4 Å². The number of piperazine rings is 1. The third kappa shape index (κ3) is 3.39. The van der Waals surface area contributed by atoms with E-state index in [9.17, 15) is 10.1 Å². The van der Waals surface area contributed by atoms with Crippen molar-refractivity contribution < 1.29 is 4.92 Å². The molecule has 0 atom stereocenters. The van der Waals surface area contributed by atoms with Crippen LogP contribution < -0.4 is 10.6 Å². The fourth-order valence-electron chi connectivity index (χ4n) is 2.61. The van der Waals surface area contributed by atoms with Crippen molar-refractivity contribution in [3.8, 4) is 0 Å². The first-order chi connectivity index (χ1) is 9.47. The Labute approximate surface area is 119 Å². The molecule has 0 amide bonds. The summed E-state index contributed by atoms with van der Waals surface area (Å²) in [5, 5.41) is 10.8. The highest BCUT2D eigenvalue weighted by Crippen LogP contribution is 2.27. The highest BCUT2D eigenvalue weighted by molar-refractivity contribution is 5.66. The molecule has 1 fully saturated rings. The Morgan fingerprint density at radius 2 is 1.95 bits per heavy atom. The molecule has 0 unspecified atom stereocenters. The Morgan fingerprint density at radius 1 is 1.30 bits per heavy atom. The SMILES string of the molecule is CC(C)CN1CCN(c2ccc([N+](=O)[O-])c(N)c2)CC1. The number of nitro groups is 1. The molecule has 0 aliphatic carbocycles. The summed E-state index contributed by atoms with van der Waals surface area (Å²) in [5.41, 5.74) is 6.93. The third-order valence-electron chi connectivity index (χ3n) is 3.57. The zero-order valence-electron chi connectivity index (χ0n) is 12.1. The van der Waals surface area contributed by atoms with Gasteiger partial charge in [0, 0.05) is 44.5 Å². The van der Waals surface area contributed by atoms with E-state index in [-0.39, 0.29) is 11.4 Å². The molecule has 1 aromatic carbocycles. The van der Waals surface area contributed by atoms with E-state index >= 15 is 0 Å². The number of nitrogens with zero attached hydrogens (tertiary/aromatic N) is 3. The number of nitrogen functional groups attached to an aromatic ring is 1. The lowest BCUT2D eigenvalue weighted by Gasteiger charge is -2.36. The van der Waals surface area contributed by atoms with Crippen LogP contribution in [-0.2, 0) is 0 Å². The second kappa shape index (κ2) is 6.09. The molecule has 1 heterocycles. The lowest BCUT2D eigenvalue weighted by Crippen LogP contribution is -2.47. The molecule has 0 bridgehead atoms. The van der Waals surface area contributed by atoms with Crippen LogP contribution in [0.1, 0.15) is 13.8 Å². The van der Waals surface area contributed by atoms with Gasteiger partial charge in [0.1, 0.15) is 5.69 Å². The molecule has 1 saturated heterocycles. The highest BCUT2D eigenvalue weighted by Gasteiger charge is 2.19. The fraction of sp³-hybridized carbons (Fsp3) is 0.571. The highest BCUT2D eigenvalue weighted by atomic mass is 16.6. The first-order valence-electron chi connectivity index (χ1n) is 6.98. The summed E-state index contributed by atoms with van der Waals surface area (Å²) in [7, 11) is 0. The second-order valence-corrected chi connectivity index (χ2v) is 5.68. The summed E-state index contributed by atoms with van der Waals surface area (Å²) in [6.45, 7) is 9.49. The minimum atomic E-state index is -0.445. The molecule has 2 N–H and O–H groups in total. The van der Waals surface area contributed by atoms with Crippen LogP contribution in [-0.4, -0.2) is 42.5 Å². The molecule has 6 heteroatoms. The number of nitro benzene ring substituents is 1. The number of hydrogen-bond acceptors (Lipinski definition) is 5. The van der Waals surface area contributed by atoms with Crippen LogP contribution in [0.15, 0.2) is 18.2 Å². The summed E-state index contributed by atoms with van der Waals surface area (Å²) in [4.78, 5) is 15.0. The Morgan fingerprint density at radius 3 is 2.45 bits per heavy atom. The van der Waals surface area contributed by atoms with Gasteiger partial charge in [-0.1, -0.05) is 13.8 Å². The maximum Gasteiger partial charge on any atom is 0.292 e. The van der Waals surface area contributed by atoms with Crippen molar-refractivity contribution in [2.75, 3.05) is 43.4 Å². The average Bonchev–Trinajstić information content (AvgIpc) is 2.38. The van der Waals surface area contributed by atoms with Gasteiger partial charge in [0.15, 0.2) is 0 Å². The number of nitrogens with two attached hydrogens (primary N) is 1. The van der Waals surface area contributed by atoms with E-state index in [1.165, 1.54) is 6.07 Å². The van der Waals surface area contributed by atoms with Crippen molar-refractivity contribution >= 4 is 17.1 Å². The molecule has 1 aromatic rings. The van der Waals surface area contributed by atoms with Crippen LogP contribution in [0.3, 0.4) is 0 Å². The monoisotopic (exact) mass is 278 g/mol. The molecule has 6 nitrogen and oxygen atoms in total. The van der Waals surface area contributed by atoms with Gasteiger partial charge in [-0.3, -0.25) is 15.0 Å². The van der Waals surface area contributed by atoms with Crippen LogP contribution in [0.4, 0.5) is 17.1 Å². The first kappa shape index (κ1) is 14.6. The minimum Gasteiger partial charge on any atom is -0.393 e. The second-order valence-electron chi connectivity index (χ2n) is 5.68. The predicted octanol–water partition coefficient (Wildman–Crippen LogP) is 1.96. The van der Waals surface area contributed by atoms with Gasteiger partial charge in [-0.2, -0.15) is 0 Å². The summed E-state index contributed by atoms with van der Waals surface area (Å²) in [6.07, 6.45) is 0. The number of hydrogen-bond donors (Lipinski definition) is 1. The molecule has 0 saturated carbocycles. The van der Waals surface area contributed by atoms with E-state index in [1.807, 2.05) is 0 Å². The molecule has 110 valence electrons. The fourth-order valence-corrected chi connectivity index (χ4v) is 2.61. The maximum absolute atomic E-state index is 10.8. The van der Waals surface area contributed by atoms with Crippen LogP contribution in [0, 0.1) is 16.0 Å². The van der Waals surface area contributed by atoms with Gasteiger partial charge in [0.2, 0.25) is 0 Å². The molecule has 20 heavy (non-hydrogen) atoms. The third-order valence-corrected chi connectivity index (χ3v) is 3.57. The van der Waals surface area contributed by atoms with E-state index in [4.69, 9.17) is 5.73 Å². The minimum absolute atomic E-state index is 0.0211. The van der Waals surface area contributed by atoms with Gasteiger partial charge in [0.25, 0.3) is 5.69 Å². The lowest BCUT2D eigenvalue weighted by atomic mass is 10.1. The summed E-state index contributed by atoms with van der Waals surface area (Å²) < 4.78 is 0. The molecule has 1 aliphatic rings. The average molecular weight is 278 g/mol.